The fourth-order valence-electron chi connectivity index (χ4n) is 3.17. The van der Waals surface area contributed by atoms with E-state index in [-0.39, 0.29) is 11.1 Å². The molecule has 0 unspecified atom stereocenters. The summed E-state index contributed by atoms with van der Waals surface area (Å²) in [5.74, 6) is 0.318. The molecule has 0 radical (unpaired) electrons. The van der Waals surface area contributed by atoms with E-state index in [1.54, 1.807) is 12.1 Å². The summed E-state index contributed by atoms with van der Waals surface area (Å²) >= 11 is 0. The number of nitrogens with one attached hydrogen (secondary N) is 2. The Bertz CT molecular complexity index is 768. The number of H-pyrrole nitrogens is 1. The lowest BCUT2D eigenvalue weighted by molar-refractivity contribution is 0.100. The van der Waals surface area contributed by atoms with Crippen LogP contribution in [0.25, 0.3) is 16.6 Å². The minimum Gasteiger partial charge on any atom is -0.366 e. The number of nitrogens with zero attached hydrogens (tertiary/aromatic N) is 1. The molecule has 4 N–H and O–H groups in total. The molecule has 0 fully saturated rings. The third-order valence-corrected chi connectivity index (χ3v) is 3.85. The van der Waals surface area contributed by atoms with E-state index in [1.807, 2.05) is 6.07 Å². The van der Waals surface area contributed by atoms with Crippen molar-refractivity contribution < 1.29 is 4.79 Å². The second-order valence-electron chi connectivity index (χ2n) is 6.68. The van der Waals surface area contributed by atoms with Gasteiger partial charge in [-0.3, -0.25) is 10.1 Å². The van der Waals surface area contributed by atoms with Crippen LogP contribution in [-0.4, -0.2) is 27.0 Å². The molecule has 5 nitrogen and oxygen atoms in total. The van der Waals surface area contributed by atoms with Gasteiger partial charge in [0, 0.05) is 16.7 Å². The van der Waals surface area contributed by atoms with Gasteiger partial charge in [-0.2, -0.15) is 0 Å². The van der Waals surface area contributed by atoms with Gasteiger partial charge >= 0.3 is 0 Å². The molecule has 110 valence electrons. The summed E-state index contributed by atoms with van der Waals surface area (Å²) in [6.07, 6.45) is 2.18. The van der Waals surface area contributed by atoms with Crippen LogP contribution in [0.5, 0.6) is 0 Å². The smallest absolute Gasteiger partial charge is 0.250 e. The van der Waals surface area contributed by atoms with Crippen molar-refractivity contribution in [3.05, 3.63) is 35.7 Å². The number of carbonyl (C=O) groups excluding carboxylic acids is 1. The van der Waals surface area contributed by atoms with Crippen LogP contribution in [0.1, 0.15) is 43.9 Å². The number of para-hydroxylation sites is 1. The predicted molar refractivity (Wildman–Crippen MR) is 83.9 cm³/mol. The number of amides is 1. The molecule has 1 amide bonds. The number of carbonyl (C=O) groups is 1. The highest BCUT2D eigenvalue weighted by molar-refractivity contribution is 6.04. The standard InChI is InChI=1S/C16H20N4O/c1-15(2)8-10(16(3,4)20-15)14-18-11-7-5-6-9(13(17)21)12(11)19-14/h5-8,20H,1-4H3,(H2,17,21)(H,18,19). The number of primary amides is 1. The van der Waals surface area contributed by atoms with Crippen LogP contribution in [0.4, 0.5) is 0 Å². The van der Waals surface area contributed by atoms with Crippen molar-refractivity contribution >= 4 is 22.5 Å². The molecule has 1 aromatic heterocycles. The molecule has 2 heterocycles. The highest BCUT2D eigenvalue weighted by atomic mass is 16.1. The molecular weight excluding hydrogens is 264 g/mol. The number of imidazole rings is 1. The van der Waals surface area contributed by atoms with Crippen LogP contribution < -0.4 is 11.1 Å². The molecule has 1 aromatic carbocycles. The molecular formula is C16H20N4O. The van der Waals surface area contributed by atoms with Gasteiger partial charge < -0.3 is 10.7 Å². The zero-order valence-electron chi connectivity index (χ0n) is 12.7. The third kappa shape index (κ3) is 2.23. The van der Waals surface area contributed by atoms with Crippen molar-refractivity contribution in [3.8, 4) is 0 Å². The first kappa shape index (κ1) is 13.8. The molecule has 1 aliphatic rings. The fourth-order valence-corrected chi connectivity index (χ4v) is 3.17. The van der Waals surface area contributed by atoms with Gasteiger partial charge in [0.15, 0.2) is 0 Å². The van der Waals surface area contributed by atoms with Gasteiger partial charge in [-0.05, 0) is 39.8 Å². The summed E-state index contributed by atoms with van der Waals surface area (Å²) in [6, 6.07) is 5.41. The van der Waals surface area contributed by atoms with E-state index in [2.05, 4.69) is 49.1 Å². The van der Waals surface area contributed by atoms with E-state index in [4.69, 9.17) is 5.73 Å². The number of rotatable bonds is 2. The van der Waals surface area contributed by atoms with Crippen LogP contribution >= 0.6 is 0 Å². The van der Waals surface area contributed by atoms with Gasteiger partial charge in [0.1, 0.15) is 11.3 Å². The lowest BCUT2D eigenvalue weighted by atomic mass is 9.96. The monoisotopic (exact) mass is 284 g/mol. The fraction of sp³-hybridized carbons (Fsp3) is 0.375. The van der Waals surface area contributed by atoms with E-state index in [1.165, 1.54) is 0 Å². The Hall–Kier alpha value is -2.14. The molecule has 0 spiro atoms. The van der Waals surface area contributed by atoms with Crippen LogP contribution in [0.15, 0.2) is 24.3 Å². The first-order valence-corrected chi connectivity index (χ1v) is 7.01. The number of hydrogen-bond donors (Lipinski definition) is 3. The minimum atomic E-state index is -0.461. The van der Waals surface area contributed by atoms with Crippen molar-refractivity contribution in [3.63, 3.8) is 0 Å². The summed E-state index contributed by atoms with van der Waals surface area (Å²) in [5, 5.41) is 3.56. The van der Waals surface area contributed by atoms with Gasteiger partial charge in [0.25, 0.3) is 5.91 Å². The maximum atomic E-state index is 11.5. The molecule has 3 rings (SSSR count). The first-order chi connectivity index (χ1) is 9.70. The van der Waals surface area contributed by atoms with Crippen molar-refractivity contribution in [2.24, 2.45) is 5.73 Å². The number of fused-ring (bicyclic) bond motifs is 1. The summed E-state index contributed by atoms with van der Waals surface area (Å²) in [7, 11) is 0. The van der Waals surface area contributed by atoms with Gasteiger partial charge in [0.2, 0.25) is 0 Å². The maximum absolute atomic E-state index is 11.5. The van der Waals surface area contributed by atoms with Crippen LogP contribution in [0, 0.1) is 0 Å². The van der Waals surface area contributed by atoms with Crippen molar-refractivity contribution in [2.45, 2.75) is 38.8 Å². The number of nitrogens with two attached hydrogens (primary N) is 1. The second kappa shape index (κ2) is 4.18. The van der Waals surface area contributed by atoms with Gasteiger partial charge in [-0.15, -0.1) is 0 Å². The van der Waals surface area contributed by atoms with Crippen molar-refractivity contribution in [2.75, 3.05) is 0 Å². The summed E-state index contributed by atoms with van der Waals surface area (Å²) in [4.78, 5) is 19.4. The molecule has 2 aromatic rings. The molecule has 0 aliphatic carbocycles. The molecule has 0 atom stereocenters. The minimum absolute atomic E-state index is 0.0929. The van der Waals surface area contributed by atoms with Crippen molar-refractivity contribution in [1.29, 1.82) is 0 Å². The molecule has 0 saturated heterocycles. The predicted octanol–water partition coefficient (Wildman–Crippen LogP) is 2.21. The number of hydrogen-bond acceptors (Lipinski definition) is 3. The zero-order chi connectivity index (χ0) is 15.4. The molecule has 5 heteroatoms. The quantitative estimate of drug-likeness (QED) is 0.790. The average molecular weight is 284 g/mol. The van der Waals surface area contributed by atoms with E-state index < -0.39 is 5.91 Å². The van der Waals surface area contributed by atoms with Crippen LogP contribution in [-0.2, 0) is 0 Å². The topological polar surface area (TPSA) is 83.8 Å². The number of aromatic amines is 1. The molecule has 1 aliphatic heterocycles. The van der Waals surface area contributed by atoms with Crippen LogP contribution in [0.2, 0.25) is 0 Å². The van der Waals surface area contributed by atoms with Gasteiger partial charge in [0.05, 0.1) is 11.1 Å². The van der Waals surface area contributed by atoms with Crippen molar-refractivity contribution in [1.82, 2.24) is 15.3 Å². The Balaban J connectivity index is 2.19. The Morgan fingerprint density at radius 1 is 1.24 bits per heavy atom. The Labute approximate surface area is 123 Å². The normalized spacial score (nSPS) is 19.7. The average Bonchev–Trinajstić information content (AvgIpc) is 2.85. The first-order valence-electron chi connectivity index (χ1n) is 7.01. The Morgan fingerprint density at radius 2 is 1.95 bits per heavy atom. The zero-order valence-corrected chi connectivity index (χ0v) is 12.7. The Morgan fingerprint density at radius 3 is 2.52 bits per heavy atom. The van der Waals surface area contributed by atoms with E-state index in [0.717, 1.165) is 16.9 Å². The summed E-state index contributed by atoms with van der Waals surface area (Å²) in [6.45, 7) is 8.49. The number of benzene rings is 1. The summed E-state index contributed by atoms with van der Waals surface area (Å²) in [5.41, 5.74) is 8.12. The van der Waals surface area contributed by atoms with E-state index in [0.29, 0.717) is 11.1 Å². The third-order valence-electron chi connectivity index (χ3n) is 3.85. The largest absolute Gasteiger partial charge is 0.366 e. The molecule has 21 heavy (non-hydrogen) atoms. The van der Waals surface area contributed by atoms with E-state index in [9.17, 15) is 4.79 Å². The van der Waals surface area contributed by atoms with Crippen LogP contribution in [0.3, 0.4) is 0 Å². The van der Waals surface area contributed by atoms with Gasteiger partial charge in [-0.1, -0.05) is 12.1 Å². The highest BCUT2D eigenvalue weighted by Crippen LogP contribution is 2.36. The Kier molecular flexibility index (Phi) is 2.75. The SMILES string of the molecule is CC1(C)C=C(c2nc3c(C(N)=O)cccc3[nH]2)C(C)(C)N1. The molecule has 0 bridgehead atoms. The van der Waals surface area contributed by atoms with Gasteiger partial charge in [-0.25, -0.2) is 4.98 Å². The lowest BCUT2D eigenvalue weighted by Crippen LogP contribution is -2.45. The highest BCUT2D eigenvalue weighted by Gasteiger charge is 2.38. The van der Waals surface area contributed by atoms with E-state index >= 15 is 0 Å². The maximum Gasteiger partial charge on any atom is 0.250 e. The number of aromatic nitrogens is 2. The summed E-state index contributed by atoms with van der Waals surface area (Å²) < 4.78 is 0. The second-order valence-corrected chi connectivity index (χ2v) is 6.68. The molecule has 0 saturated carbocycles. The lowest BCUT2D eigenvalue weighted by Gasteiger charge is -2.27.